The molecule has 178 valence electrons. The van der Waals surface area contributed by atoms with Crippen LogP contribution < -0.4 is 0 Å². The van der Waals surface area contributed by atoms with Gasteiger partial charge in [0.15, 0.2) is 5.78 Å². The van der Waals surface area contributed by atoms with E-state index < -0.39 is 41.9 Å². The maximum absolute atomic E-state index is 13.5. The van der Waals surface area contributed by atoms with E-state index in [-0.39, 0.29) is 25.8 Å². The standard InChI is InChI=1S/C23H17Br2Cl3N2O4/c24-17-8-15-16(9-18(17)25)23(34)30(22(15)33)29(21(32)11-1-3-12(26)4-2-11)10-20(31)14-6-5-13(27)7-19(14)28/h1-7,15-18H,8-10H2/t15-,16+,17-,18-/m0/s1. The average molecular weight is 652 g/mol. The van der Waals surface area contributed by atoms with Crippen LogP contribution in [-0.2, 0) is 9.59 Å². The Morgan fingerprint density at radius 3 is 1.94 bits per heavy atom. The number of imide groups is 1. The van der Waals surface area contributed by atoms with Gasteiger partial charge in [-0.05, 0) is 55.3 Å². The number of carbonyl (C=O) groups excluding carboxylic acids is 4. The number of halogens is 5. The number of benzene rings is 2. The minimum atomic E-state index is -0.679. The van der Waals surface area contributed by atoms with Crippen LogP contribution in [0, 0.1) is 11.8 Å². The van der Waals surface area contributed by atoms with Gasteiger partial charge in [-0.15, -0.1) is 0 Å². The molecule has 6 nitrogen and oxygen atoms in total. The molecule has 1 aliphatic heterocycles. The lowest BCUT2D eigenvalue weighted by Crippen LogP contribution is -2.52. The Morgan fingerprint density at radius 1 is 0.882 bits per heavy atom. The van der Waals surface area contributed by atoms with E-state index in [9.17, 15) is 19.2 Å². The van der Waals surface area contributed by atoms with Crippen LogP contribution >= 0.6 is 66.7 Å². The Morgan fingerprint density at radius 2 is 1.41 bits per heavy atom. The van der Waals surface area contributed by atoms with Crippen molar-refractivity contribution < 1.29 is 19.2 Å². The largest absolute Gasteiger partial charge is 0.292 e. The van der Waals surface area contributed by atoms with Gasteiger partial charge in [-0.1, -0.05) is 66.7 Å². The van der Waals surface area contributed by atoms with Crippen LogP contribution in [0.1, 0.15) is 33.6 Å². The molecule has 0 radical (unpaired) electrons. The molecule has 0 N–H and O–H groups in total. The number of amides is 3. The molecule has 0 unspecified atom stereocenters. The van der Waals surface area contributed by atoms with E-state index in [1.807, 2.05) is 0 Å². The Bertz CT molecular complexity index is 1150. The highest BCUT2D eigenvalue weighted by Gasteiger charge is 2.54. The first-order valence-electron chi connectivity index (χ1n) is 10.3. The molecule has 2 fully saturated rings. The normalized spacial score (nSPS) is 24.2. The van der Waals surface area contributed by atoms with Crippen molar-refractivity contribution in [3.05, 3.63) is 68.7 Å². The molecule has 34 heavy (non-hydrogen) atoms. The van der Waals surface area contributed by atoms with E-state index in [1.165, 1.54) is 42.5 Å². The van der Waals surface area contributed by atoms with E-state index in [4.69, 9.17) is 34.8 Å². The van der Waals surface area contributed by atoms with E-state index in [1.54, 1.807) is 0 Å². The average Bonchev–Trinajstić information content (AvgIpc) is 3.01. The Kier molecular flexibility index (Phi) is 7.74. The fourth-order valence-corrected chi connectivity index (χ4v) is 6.10. The van der Waals surface area contributed by atoms with Crippen LogP contribution in [0.3, 0.4) is 0 Å². The van der Waals surface area contributed by atoms with Gasteiger partial charge in [0, 0.05) is 30.8 Å². The van der Waals surface area contributed by atoms with Crippen molar-refractivity contribution in [2.24, 2.45) is 11.8 Å². The van der Waals surface area contributed by atoms with Crippen molar-refractivity contribution in [1.29, 1.82) is 0 Å². The maximum atomic E-state index is 13.5. The van der Waals surface area contributed by atoms with E-state index in [0.29, 0.717) is 22.9 Å². The minimum absolute atomic E-state index is 0.000345. The van der Waals surface area contributed by atoms with Crippen molar-refractivity contribution in [2.45, 2.75) is 22.5 Å². The van der Waals surface area contributed by atoms with Gasteiger partial charge in [-0.25, -0.2) is 5.01 Å². The zero-order valence-corrected chi connectivity index (χ0v) is 22.8. The zero-order valence-electron chi connectivity index (χ0n) is 17.4. The quantitative estimate of drug-likeness (QED) is 0.233. The molecule has 0 bridgehead atoms. The second-order valence-corrected chi connectivity index (χ2v) is 11.8. The van der Waals surface area contributed by atoms with Gasteiger partial charge in [-0.3, -0.25) is 19.2 Å². The minimum Gasteiger partial charge on any atom is -0.292 e. The van der Waals surface area contributed by atoms with Crippen LogP contribution in [0.15, 0.2) is 42.5 Å². The summed E-state index contributed by atoms with van der Waals surface area (Å²) in [6.45, 7) is -0.560. The number of hydrazine groups is 1. The summed E-state index contributed by atoms with van der Waals surface area (Å²) in [6.07, 6.45) is 0.864. The molecular weight excluding hydrogens is 634 g/mol. The number of hydrogen-bond acceptors (Lipinski definition) is 4. The summed E-state index contributed by atoms with van der Waals surface area (Å²) in [5.41, 5.74) is 0.295. The highest BCUT2D eigenvalue weighted by molar-refractivity contribution is 9.12. The zero-order chi connectivity index (χ0) is 24.7. The first kappa shape index (κ1) is 25.6. The van der Waals surface area contributed by atoms with E-state index in [0.717, 1.165) is 10.0 Å². The molecule has 0 aromatic heterocycles. The van der Waals surface area contributed by atoms with Crippen molar-refractivity contribution in [3.63, 3.8) is 0 Å². The number of nitrogens with zero attached hydrogens (tertiary/aromatic N) is 2. The second kappa shape index (κ2) is 10.3. The van der Waals surface area contributed by atoms with Crippen molar-refractivity contribution in [2.75, 3.05) is 6.54 Å². The Balaban J connectivity index is 1.71. The molecule has 1 aliphatic carbocycles. The first-order valence-corrected chi connectivity index (χ1v) is 13.3. The second-order valence-electron chi connectivity index (χ2n) is 8.12. The monoisotopic (exact) mass is 648 g/mol. The highest BCUT2D eigenvalue weighted by atomic mass is 79.9. The lowest BCUT2D eigenvalue weighted by atomic mass is 9.81. The summed E-state index contributed by atoms with van der Waals surface area (Å²) >= 11 is 25.2. The smallest absolute Gasteiger partial charge is 0.273 e. The predicted molar refractivity (Wildman–Crippen MR) is 137 cm³/mol. The van der Waals surface area contributed by atoms with Gasteiger partial charge in [0.25, 0.3) is 17.7 Å². The summed E-state index contributed by atoms with van der Waals surface area (Å²) < 4.78 is 0. The third kappa shape index (κ3) is 4.93. The van der Waals surface area contributed by atoms with Gasteiger partial charge < -0.3 is 0 Å². The van der Waals surface area contributed by atoms with Gasteiger partial charge >= 0.3 is 0 Å². The molecule has 4 atom stereocenters. The number of Topliss-reactive ketones (excluding diaryl/α,β-unsaturated/α-hetero) is 1. The van der Waals surface area contributed by atoms with Crippen LogP contribution in [0.5, 0.6) is 0 Å². The first-order chi connectivity index (χ1) is 16.1. The topological polar surface area (TPSA) is 74.8 Å². The number of fused-ring (bicyclic) bond motifs is 1. The van der Waals surface area contributed by atoms with Gasteiger partial charge in [0.2, 0.25) is 0 Å². The number of carbonyl (C=O) groups is 4. The van der Waals surface area contributed by atoms with E-state index in [2.05, 4.69) is 31.9 Å². The molecule has 0 spiro atoms. The van der Waals surface area contributed by atoms with Crippen LogP contribution in [0.4, 0.5) is 0 Å². The summed E-state index contributed by atoms with van der Waals surface area (Å²) in [5, 5.41) is 2.61. The fourth-order valence-electron chi connectivity index (χ4n) is 4.23. The molecule has 1 saturated carbocycles. The molecule has 11 heteroatoms. The molecule has 2 aromatic rings. The predicted octanol–water partition coefficient (Wildman–Crippen LogP) is 5.81. The van der Waals surface area contributed by atoms with Gasteiger partial charge in [0.05, 0.1) is 16.9 Å². The maximum Gasteiger partial charge on any atom is 0.273 e. The number of hydrogen-bond donors (Lipinski definition) is 0. The van der Waals surface area contributed by atoms with Crippen LogP contribution in [0.2, 0.25) is 15.1 Å². The van der Waals surface area contributed by atoms with Crippen LogP contribution in [0.25, 0.3) is 0 Å². The summed E-state index contributed by atoms with van der Waals surface area (Å²) in [5.74, 6) is -3.40. The van der Waals surface area contributed by atoms with Gasteiger partial charge in [-0.2, -0.15) is 5.01 Å². The number of ketones is 1. The molecule has 4 rings (SSSR count). The van der Waals surface area contributed by atoms with Crippen molar-refractivity contribution in [3.8, 4) is 0 Å². The lowest BCUT2D eigenvalue weighted by molar-refractivity contribution is -0.154. The van der Waals surface area contributed by atoms with E-state index >= 15 is 0 Å². The van der Waals surface area contributed by atoms with Gasteiger partial charge in [0.1, 0.15) is 6.54 Å². The van der Waals surface area contributed by atoms with Crippen molar-refractivity contribution in [1.82, 2.24) is 10.0 Å². The summed E-state index contributed by atoms with van der Waals surface area (Å²) in [6, 6.07) is 10.3. The lowest BCUT2D eigenvalue weighted by Gasteiger charge is -2.30. The Hall–Kier alpha value is -1.45. The van der Waals surface area contributed by atoms with Crippen LogP contribution in [-0.4, -0.2) is 49.7 Å². The molecule has 2 aromatic carbocycles. The summed E-state index contributed by atoms with van der Waals surface area (Å²) in [7, 11) is 0. The third-order valence-electron chi connectivity index (χ3n) is 5.98. The third-order valence-corrected chi connectivity index (χ3v) is 9.51. The molecule has 1 heterocycles. The van der Waals surface area contributed by atoms with Crippen molar-refractivity contribution >= 4 is 90.2 Å². The number of alkyl halides is 2. The highest BCUT2D eigenvalue weighted by Crippen LogP contribution is 2.43. The number of rotatable bonds is 5. The summed E-state index contributed by atoms with van der Waals surface area (Å²) in [4.78, 5) is 53.4. The fraction of sp³-hybridized carbons (Fsp3) is 0.304. The SMILES string of the molecule is O=C(CN(C(=O)c1ccc(Cl)cc1)N1C(=O)[C@H]2C[C@H](Br)[C@@H](Br)C[C@H]2C1=O)c1ccc(Cl)cc1Cl. The molecule has 2 aliphatic rings. The molecular formula is C23H17Br2Cl3N2O4. The Labute approximate surface area is 227 Å². The molecule has 3 amide bonds. The molecule has 1 saturated heterocycles.